The third-order valence-corrected chi connectivity index (χ3v) is 3.13. The summed E-state index contributed by atoms with van der Waals surface area (Å²) in [4.78, 5) is 11.9. The first-order chi connectivity index (χ1) is 7.68. The van der Waals surface area contributed by atoms with Gasteiger partial charge < -0.3 is 0 Å². The smallest absolute Gasteiger partial charge is 0.188 e. The number of aryl methyl sites for hydroxylation is 2. The first-order valence-corrected chi connectivity index (χ1v) is 5.87. The number of Topliss-reactive ketones (excluding diaryl/α,β-unsaturated/α-hetero) is 1. The lowest BCUT2D eigenvalue weighted by Gasteiger charge is -2.07. The van der Waals surface area contributed by atoms with Crippen molar-refractivity contribution in [2.75, 3.05) is 0 Å². The number of carbonyl (C=O) groups excluding carboxylic acids is 1. The Labute approximate surface area is 98.3 Å². The largest absolute Gasteiger partial charge is 0.292 e. The molecule has 3 nitrogen and oxygen atoms in total. The molecule has 0 amide bonds. The Bertz CT molecular complexity index is 485. The van der Waals surface area contributed by atoms with E-state index in [9.17, 15) is 4.79 Å². The first kappa shape index (κ1) is 11.0. The van der Waals surface area contributed by atoms with Gasteiger partial charge in [-0.2, -0.15) is 0 Å². The number of hydrogen-bond donors (Lipinski definition) is 0. The van der Waals surface area contributed by atoms with Crippen LogP contribution in [0.3, 0.4) is 0 Å². The standard InChI is InChI=1S/C12H12N2OS/c1-8-4-3-5-9(2)10(8)6-12(15)11-7-16-14-13-11/h3-5,7H,6H2,1-2H3. The molecular formula is C12H12N2OS. The molecule has 0 spiro atoms. The summed E-state index contributed by atoms with van der Waals surface area (Å²) in [6, 6.07) is 6.05. The van der Waals surface area contributed by atoms with Crippen LogP contribution in [0.4, 0.5) is 0 Å². The van der Waals surface area contributed by atoms with Crippen LogP contribution in [0.1, 0.15) is 27.2 Å². The summed E-state index contributed by atoms with van der Waals surface area (Å²) in [5.74, 6) is 0.0335. The highest BCUT2D eigenvalue weighted by Gasteiger charge is 2.12. The van der Waals surface area contributed by atoms with Gasteiger partial charge in [0.2, 0.25) is 0 Å². The van der Waals surface area contributed by atoms with Gasteiger partial charge in [0.05, 0.1) is 0 Å². The second-order valence-corrected chi connectivity index (χ2v) is 4.37. The summed E-state index contributed by atoms with van der Waals surface area (Å²) >= 11 is 1.20. The second-order valence-electron chi connectivity index (χ2n) is 3.76. The van der Waals surface area contributed by atoms with E-state index in [2.05, 4.69) is 9.59 Å². The van der Waals surface area contributed by atoms with Crippen LogP contribution in [0.5, 0.6) is 0 Å². The molecule has 82 valence electrons. The molecule has 4 heteroatoms. The van der Waals surface area contributed by atoms with Gasteiger partial charge >= 0.3 is 0 Å². The average molecular weight is 232 g/mol. The average Bonchev–Trinajstić information content (AvgIpc) is 2.76. The van der Waals surface area contributed by atoms with Crippen molar-refractivity contribution >= 4 is 17.3 Å². The Morgan fingerprint density at radius 1 is 1.31 bits per heavy atom. The maximum Gasteiger partial charge on any atom is 0.188 e. The molecule has 0 N–H and O–H groups in total. The lowest BCUT2D eigenvalue weighted by molar-refractivity contribution is 0.0988. The molecule has 0 aliphatic heterocycles. The van der Waals surface area contributed by atoms with E-state index in [0.717, 1.165) is 16.7 Å². The topological polar surface area (TPSA) is 42.9 Å². The van der Waals surface area contributed by atoms with Crippen LogP contribution in [-0.2, 0) is 6.42 Å². The van der Waals surface area contributed by atoms with Crippen molar-refractivity contribution in [3.63, 3.8) is 0 Å². The predicted octanol–water partition coefficient (Wildman–Crippen LogP) is 2.58. The maximum absolute atomic E-state index is 11.9. The van der Waals surface area contributed by atoms with Gasteiger partial charge in [-0.1, -0.05) is 22.7 Å². The van der Waals surface area contributed by atoms with Crippen molar-refractivity contribution < 1.29 is 4.79 Å². The van der Waals surface area contributed by atoms with E-state index in [1.54, 1.807) is 5.38 Å². The molecule has 0 unspecified atom stereocenters. The van der Waals surface area contributed by atoms with E-state index in [1.165, 1.54) is 11.5 Å². The minimum atomic E-state index is 0.0335. The molecule has 1 aromatic carbocycles. The van der Waals surface area contributed by atoms with Gasteiger partial charge in [0.15, 0.2) is 5.78 Å². The Hall–Kier alpha value is -1.55. The molecule has 0 aliphatic carbocycles. The fourth-order valence-corrected chi connectivity index (χ4v) is 2.13. The molecule has 0 fully saturated rings. The van der Waals surface area contributed by atoms with Crippen molar-refractivity contribution in [3.05, 3.63) is 46.0 Å². The second kappa shape index (κ2) is 4.53. The van der Waals surface area contributed by atoms with E-state index in [1.807, 2.05) is 32.0 Å². The number of benzene rings is 1. The lowest BCUT2D eigenvalue weighted by Crippen LogP contribution is -2.06. The third kappa shape index (κ3) is 2.17. The fraction of sp³-hybridized carbons (Fsp3) is 0.250. The number of hydrogen-bond acceptors (Lipinski definition) is 4. The van der Waals surface area contributed by atoms with Crippen molar-refractivity contribution in [2.24, 2.45) is 0 Å². The number of nitrogens with zero attached hydrogens (tertiary/aromatic N) is 2. The van der Waals surface area contributed by atoms with E-state index in [-0.39, 0.29) is 5.78 Å². The molecule has 0 radical (unpaired) electrons. The summed E-state index contributed by atoms with van der Waals surface area (Å²) < 4.78 is 3.70. The number of carbonyl (C=O) groups is 1. The Kier molecular flexibility index (Phi) is 3.10. The number of ketones is 1. The molecule has 0 saturated heterocycles. The van der Waals surface area contributed by atoms with E-state index >= 15 is 0 Å². The summed E-state index contributed by atoms with van der Waals surface area (Å²) in [6.07, 6.45) is 0.407. The predicted molar refractivity (Wildman–Crippen MR) is 63.9 cm³/mol. The van der Waals surface area contributed by atoms with E-state index in [0.29, 0.717) is 12.1 Å². The summed E-state index contributed by atoms with van der Waals surface area (Å²) in [5.41, 5.74) is 3.86. The molecular weight excluding hydrogens is 220 g/mol. The molecule has 2 aromatic rings. The minimum Gasteiger partial charge on any atom is -0.292 e. The Balaban J connectivity index is 2.25. The number of rotatable bonds is 3. The molecule has 1 aromatic heterocycles. The zero-order valence-electron chi connectivity index (χ0n) is 9.23. The number of aromatic nitrogens is 2. The van der Waals surface area contributed by atoms with Crippen LogP contribution < -0.4 is 0 Å². The summed E-state index contributed by atoms with van der Waals surface area (Å²) in [5, 5.41) is 5.48. The fourth-order valence-electron chi connectivity index (χ4n) is 1.67. The third-order valence-electron chi connectivity index (χ3n) is 2.63. The van der Waals surface area contributed by atoms with Crippen molar-refractivity contribution in [2.45, 2.75) is 20.3 Å². The molecule has 1 heterocycles. The van der Waals surface area contributed by atoms with Gasteiger partial charge in [-0.15, -0.1) is 5.10 Å². The molecule has 2 rings (SSSR count). The van der Waals surface area contributed by atoms with Gasteiger partial charge in [0, 0.05) is 11.8 Å². The van der Waals surface area contributed by atoms with Gasteiger partial charge in [0.25, 0.3) is 0 Å². The van der Waals surface area contributed by atoms with E-state index in [4.69, 9.17) is 0 Å². The molecule has 0 saturated carbocycles. The molecule has 0 bridgehead atoms. The van der Waals surface area contributed by atoms with Crippen molar-refractivity contribution in [3.8, 4) is 0 Å². The summed E-state index contributed by atoms with van der Waals surface area (Å²) in [6.45, 7) is 4.05. The summed E-state index contributed by atoms with van der Waals surface area (Å²) in [7, 11) is 0. The van der Waals surface area contributed by atoms with Crippen molar-refractivity contribution in [1.82, 2.24) is 9.59 Å². The van der Waals surface area contributed by atoms with Crippen LogP contribution in [0, 0.1) is 13.8 Å². The SMILES string of the molecule is Cc1cccc(C)c1CC(=O)c1csnn1. The molecule has 0 atom stereocenters. The zero-order valence-corrected chi connectivity index (χ0v) is 10.0. The Morgan fingerprint density at radius 2 is 2.00 bits per heavy atom. The highest BCUT2D eigenvalue weighted by molar-refractivity contribution is 7.03. The van der Waals surface area contributed by atoms with Crippen LogP contribution >= 0.6 is 11.5 Å². The van der Waals surface area contributed by atoms with Gasteiger partial charge in [-0.05, 0) is 42.1 Å². The zero-order chi connectivity index (χ0) is 11.5. The molecule has 16 heavy (non-hydrogen) atoms. The van der Waals surface area contributed by atoms with E-state index < -0.39 is 0 Å². The van der Waals surface area contributed by atoms with Crippen LogP contribution in [0.2, 0.25) is 0 Å². The highest BCUT2D eigenvalue weighted by atomic mass is 32.1. The van der Waals surface area contributed by atoms with Gasteiger partial charge in [-0.25, -0.2) is 0 Å². The van der Waals surface area contributed by atoms with Crippen LogP contribution in [0.25, 0.3) is 0 Å². The van der Waals surface area contributed by atoms with Gasteiger partial charge in [-0.3, -0.25) is 4.79 Å². The quantitative estimate of drug-likeness (QED) is 0.764. The first-order valence-electron chi connectivity index (χ1n) is 5.04. The van der Waals surface area contributed by atoms with Crippen LogP contribution in [0.15, 0.2) is 23.6 Å². The monoisotopic (exact) mass is 232 g/mol. The normalized spacial score (nSPS) is 10.4. The highest BCUT2D eigenvalue weighted by Crippen LogP contribution is 2.15. The Morgan fingerprint density at radius 3 is 2.56 bits per heavy atom. The van der Waals surface area contributed by atoms with Crippen molar-refractivity contribution in [1.29, 1.82) is 0 Å². The van der Waals surface area contributed by atoms with Gasteiger partial charge in [0.1, 0.15) is 5.69 Å². The minimum absolute atomic E-state index is 0.0335. The van der Waals surface area contributed by atoms with Crippen LogP contribution in [-0.4, -0.2) is 15.4 Å². The lowest BCUT2D eigenvalue weighted by atomic mass is 9.97. The molecule has 0 aliphatic rings. The maximum atomic E-state index is 11.9.